The molecule has 3 rings (SSSR count). The van der Waals surface area contributed by atoms with Crippen LogP contribution >= 0.6 is 11.8 Å². The third kappa shape index (κ3) is 4.14. The zero-order chi connectivity index (χ0) is 21.3. The number of rotatable bonds is 5. The van der Waals surface area contributed by atoms with Gasteiger partial charge in [-0.1, -0.05) is 26.8 Å². The minimum atomic E-state index is -0.611. The van der Waals surface area contributed by atoms with Crippen molar-refractivity contribution in [3.8, 4) is 17.0 Å². The minimum Gasteiger partial charge on any atom is -0.502 e. The van der Waals surface area contributed by atoms with E-state index in [1.54, 1.807) is 24.3 Å². The van der Waals surface area contributed by atoms with E-state index < -0.39 is 21.5 Å². The van der Waals surface area contributed by atoms with Crippen LogP contribution in [-0.2, 0) is 10.2 Å². The van der Waals surface area contributed by atoms with Gasteiger partial charge in [0.15, 0.2) is 5.75 Å². The smallest absolute Gasteiger partial charge is 0.311 e. The van der Waals surface area contributed by atoms with E-state index in [-0.39, 0.29) is 16.3 Å². The lowest BCUT2D eigenvalue weighted by molar-refractivity contribution is -0.385. The second kappa shape index (κ2) is 7.67. The van der Waals surface area contributed by atoms with Crippen LogP contribution in [0.15, 0.2) is 35.4 Å². The molecule has 1 aliphatic heterocycles. The highest BCUT2D eigenvalue weighted by molar-refractivity contribution is 8.18. The van der Waals surface area contributed by atoms with Gasteiger partial charge in [0.25, 0.3) is 11.1 Å². The topological polar surface area (TPSA) is 122 Å². The number of phenolic OH excluding ortho intramolecular Hbond substituents is 1. The summed E-state index contributed by atoms with van der Waals surface area (Å²) < 4.78 is 0. The van der Waals surface area contributed by atoms with Gasteiger partial charge in [0.05, 0.1) is 15.5 Å². The third-order valence-corrected chi connectivity index (χ3v) is 5.73. The summed E-state index contributed by atoms with van der Waals surface area (Å²) >= 11 is 0.814. The molecule has 2 aromatic rings. The van der Waals surface area contributed by atoms with E-state index in [0.717, 1.165) is 11.8 Å². The number of amides is 2. The molecule has 1 saturated heterocycles. The summed E-state index contributed by atoms with van der Waals surface area (Å²) in [6, 6.07) is 6.38. The van der Waals surface area contributed by atoms with Crippen molar-refractivity contribution in [1.29, 1.82) is 0 Å². The molecule has 0 bridgehead atoms. The largest absolute Gasteiger partial charge is 0.502 e. The summed E-state index contributed by atoms with van der Waals surface area (Å²) in [5.74, 6) is -0.787. The molecule has 2 amide bonds. The van der Waals surface area contributed by atoms with Gasteiger partial charge in [-0.25, -0.2) is 0 Å². The number of hydrogen-bond acceptors (Lipinski definition) is 7. The second-order valence-corrected chi connectivity index (χ2v) is 8.23. The van der Waals surface area contributed by atoms with Gasteiger partial charge in [-0.2, -0.15) is 0 Å². The quantitative estimate of drug-likeness (QED) is 0.424. The lowest BCUT2D eigenvalue weighted by Crippen LogP contribution is -2.17. The van der Waals surface area contributed by atoms with Gasteiger partial charge in [0, 0.05) is 23.4 Å². The molecule has 2 N–H and O–H groups in total. The standard InChI is InChI=1S/C20H19N3O5S/c1-4-20(2,3)13-8-12(9-15(17(13)24)23(27)28)14-6-5-11(10-21-14)7-16-18(25)22-19(26)29-16/h5-10,24H,4H2,1-3H3,(H,22,25,26). The number of carbonyl (C=O) groups is 2. The van der Waals surface area contributed by atoms with E-state index in [2.05, 4.69) is 10.3 Å². The van der Waals surface area contributed by atoms with E-state index in [9.17, 15) is 24.8 Å². The predicted octanol–water partition coefficient (Wildman–Crippen LogP) is 4.37. The van der Waals surface area contributed by atoms with Crippen LogP contribution < -0.4 is 5.32 Å². The first-order chi connectivity index (χ1) is 13.6. The summed E-state index contributed by atoms with van der Waals surface area (Å²) in [6.45, 7) is 5.76. The highest BCUT2D eigenvalue weighted by Crippen LogP contribution is 2.42. The van der Waals surface area contributed by atoms with E-state index in [4.69, 9.17) is 0 Å². The Kier molecular flexibility index (Phi) is 5.43. The monoisotopic (exact) mass is 413 g/mol. The molecule has 150 valence electrons. The number of nitro groups is 1. The van der Waals surface area contributed by atoms with Crippen molar-refractivity contribution < 1.29 is 19.6 Å². The number of aromatic hydroxyl groups is 1. The van der Waals surface area contributed by atoms with Crippen molar-refractivity contribution in [3.63, 3.8) is 0 Å². The number of thioether (sulfide) groups is 1. The number of nitrogens with one attached hydrogen (secondary N) is 1. The number of phenols is 1. The van der Waals surface area contributed by atoms with Crippen molar-refractivity contribution in [3.05, 3.63) is 56.6 Å². The predicted molar refractivity (Wildman–Crippen MR) is 110 cm³/mol. The normalized spacial score (nSPS) is 15.6. The number of nitro benzene ring substituents is 1. The fourth-order valence-electron chi connectivity index (χ4n) is 2.85. The molecular formula is C20H19N3O5S. The van der Waals surface area contributed by atoms with Crippen LogP contribution in [0.2, 0.25) is 0 Å². The van der Waals surface area contributed by atoms with Crippen molar-refractivity contribution >= 4 is 34.7 Å². The van der Waals surface area contributed by atoms with Crippen molar-refractivity contribution in [2.24, 2.45) is 0 Å². The minimum absolute atomic E-state index is 0.275. The fourth-order valence-corrected chi connectivity index (χ4v) is 3.53. The zero-order valence-electron chi connectivity index (χ0n) is 16.1. The maximum Gasteiger partial charge on any atom is 0.311 e. The Morgan fingerprint density at radius 1 is 1.31 bits per heavy atom. The van der Waals surface area contributed by atoms with E-state index in [1.165, 1.54) is 12.3 Å². The maximum absolute atomic E-state index is 11.6. The highest BCUT2D eigenvalue weighted by atomic mass is 32.2. The number of carbonyl (C=O) groups excluding carboxylic acids is 2. The molecule has 2 heterocycles. The molecule has 0 unspecified atom stereocenters. The van der Waals surface area contributed by atoms with Gasteiger partial charge in [0.2, 0.25) is 0 Å². The molecule has 0 saturated carbocycles. The number of benzene rings is 1. The Morgan fingerprint density at radius 3 is 2.55 bits per heavy atom. The van der Waals surface area contributed by atoms with Crippen LogP contribution in [0.4, 0.5) is 10.5 Å². The van der Waals surface area contributed by atoms with Crippen molar-refractivity contribution in [2.75, 3.05) is 0 Å². The molecule has 0 radical (unpaired) electrons. The molecule has 0 aliphatic carbocycles. The Labute approximate surface area is 171 Å². The lowest BCUT2D eigenvalue weighted by atomic mass is 9.80. The van der Waals surface area contributed by atoms with E-state index in [1.807, 2.05) is 20.8 Å². The molecule has 29 heavy (non-hydrogen) atoms. The Morgan fingerprint density at radius 2 is 2.03 bits per heavy atom. The SMILES string of the molecule is CCC(C)(C)c1cc(-c2ccc(C=C3SC(=O)NC3=O)cn2)cc([N+](=O)[O-])c1O. The van der Waals surface area contributed by atoms with Crippen LogP contribution in [0.1, 0.15) is 38.3 Å². The average Bonchev–Trinajstić information content (AvgIpc) is 2.99. The molecule has 0 atom stereocenters. The number of nitrogens with zero attached hydrogens (tertiary/aromatic N) is 2. The number of pyridine rings is 1. The summed E-state index contributed by atoms with van der Waals surface area (Å²) in [5, 5.41) is 23.6. The van der Waals surface area contributed by atoms with Crippen LogP contribution in [0.3, 0.4) is 0 Å². The Balaban J connectivity index is 2.02. The van der Waals surface area contributed by atoms with Crippen LogP contribution in [0, 0.1) is 10.1 Å². The fraction of sp³-hybridized carbons (Fsp3) is 0.250. The van der Waals surface area contributed by atoms with Crippen molar-refractivity contribution in [1.82, 2.24) is 10.3 Å². The van der Waals surface area contributed by atoms with E-state index >= 15 is 0 Å². The first kappa shape index (κ1) is 20.5. The van der Waals surface area contributed by atoms with Gasteiger partial charge in [-0.15, -0.1) is 0 Å². The number of imide groups is 1. The van der Waals surface area contributed by atoms with Crippen LogP contribution in [0.5, 0.6) is 5.75 Å². The first-order valence-corrected chi connectivity index (χ1v) is 9.67. The van der Waals surface area contributed by atoms with Crippen LogP contribution in [0.25, 0.3) is 17.3 Å². The van der Waals surface area contributed by atoms with Gasteiger partial charge < -0.3 is 5.11 Å². The molecule has 1 aromatic carbocycles. The van der Waals surface area contributed by atoms with Gasteiger partial charge in [-0.3, -0.25) is 30.0 Å². The number of hydrogen-bond donors (Lipinski definition) is 2. The Bertz CT molecular complexity index is 1040. The summed E-state index contributed by atoms with van der Waals surface area (Å²) in [5.41, 5.74) is 1.26. The van der Waals surface area contributed by atoms with Gasteiger partial charge in [-0.05, 0) is 47.4 Å². The van der Waals surface area contributed by atoms with Crippen LogP contribution in [-0.4, -0.2) is 26.2 Å². The number of aromatic nitrogens is 1. The Hall–Kier alpha value is -3.20. The lowest BCUT2D eigenvalue weighted by Gasteiger charge is -2.24. The molecular weight excluding hydrogens is 394 g/mol. The molecule has 8 nitrogen and oxygen atoms in total. The summed E-state index contributed by atoms with van der Waals surface area (Å²) in [6.07, 6.45) is 3.74. The summed E-state index contributed by atoms with van der Waals surface area (Å²) in [7, 11) is 0. The second-order valence-electron chi connectivity index (χ2n) is 7.22. The zero-order valence-corrected chi connectivity index (χ0v) is 16.9. The molecule has 1 aromatic heterocycles. The molecule has 9 heteroatoms. The molecule has 0 spiro atoms. The van der Waals surface area contributed by atoms with Crippen molar-refractivity contribution in [2.45, 2.75) is 32.6 Å². The molecule has 1 fully saturated rings. The summed E-state index contributed by atoms with van der Waals surface area (Å²) in [4.78, 5) is 38.3. The highest BCUT2D eigenvalue weighted by Gasteiger charge is 2.29. The van der Waals surface area contributed by atoms with E-state index in [0.29, 0.717) is 28.8 Å². The molecule has 1 aliphatic rings. The van der Waals surface area contributed by atoms with Gasteiger partial charge in [0.1, 0.15) is 0 Å². The average molecular weight is 413 g/mol. The van der Waals surface area contributed by atoms with Gasteiger partial charge >= 0.3 is 5.69 Å². The third-order valence-electron chi connectivity index (χ3n) is 4.92. The maximum atomic E-state index is 11.6. The first-order valence-electron chi connectivity index (χ1n) is 8.85.